The Morgan fingerprint density at radius 2 is 2.05 bits per heavy atom. The van der Waals surface area contributed by atoms with Crippen LogP contribution < -0.4 is 16.0 Å². The van der Waals surface area contributed by atoms with Gasteiger partial charge in [0.2, 0.25) is 5.91 Å². The summed E-state index contributed by atoms with van der Waals surface area (Å²) in [6.07, 6.45) is 0.502. The third-order valence-electron chi connectivity index (χ3n) is 2.78. The number of nitrogens with two attached hydrogens (primary N) is 1. The lowest BCUT2D eigenvalue weighted by Gasteiger charge is -2.14. The van der Waals surface area contributed by atoms with Crippen LogP contribution in [0.3, 0.4) is 0 Å². The van der Waals surface area contributed by atoms with Gasteiger partial charge in [0, 0.05) is 10.9 Å². The highest BCUT2D eigenvalue weighted by Gasteiger charge is 2.36. The number of carbonyl (C=O) groups is 2. The summed E-state index contributed by atoms with van der Waals surface area (Å²) >= 11 is 8.49. The maximum Gasteiger partial charge on any atom is 0.255 e. The van der Waals surface area contributed by atoms with E-state index in [4.69, 9.17) is 18.0 Å². The van der Waals surface area contributed by atoms with Gasteiger partial charge in [-0.15, -0.1) is 0 Å². The molecule has 1 fully saturated rings. The molecule has 0 saturated carbocycles. The van der Waals surface area contributed by atoms with Gasteiger partial charge in [-0.05, 0) is 42.9 Å². The molecule has 3 N–H and O–H groups in total. The molecule has 0 aromatic heterocycles. The molecular weight excluding hydrogens is 330 g/mol. The number of anilines is 1. The molecule has 19 heavy (non-hydrogen) atoms. The van der Waals surface area contributed by atoms with Crippen LogP contribution in [0.25, 0.3) is 0 Å². The van der Waals surface area contributed by atoms with E-state index < -0.39 is 11.9 Å². The van der Waals surface area contributed by atoms with Crippen molar-refractivity contribution in [2.45, 2.75) is 18.9 Å². The summed E-state index contributed by atoms with van der Waals surface area (Å²) in [6, 6.07) is 6.78. The van der Waals surface area contributed by atoms with Crippen molar-refractivity contribution in [2.24, 2.45) is 5.73 Å². The first-order chi connectivity index (χ1) is 8.99. The number of carbonyl (C=O) groups excluding carboxylic acids is 2. The number of primary amides is 1. The number of nitrogens with one attached hydrogen (secondary N) is 1. The Morgan fingerprint density at radius 3 is 2.63 bits per heavy atom. The van der Waals surface area contributed by atoms with E-state index in [-0.39, 0.29) is 12.3 Å². The van der Waals surface area contributed by atoms with Gasteiger partial charge in [-0.3, -0.25) is 14.5 Å². The van der Waals surface area contributed by atoms with E-state index in [0.29, 0.717) is 17.2 Å². The number of benzene rings is 1. The molecule has 1 aliphatic heterocycles. The van der Waals surface area contributed by atoms with Gasteiger partial charge in [0.05, 0.1) is 5.69 Å². The maximum absolute atomic E-state index is 12.2. The van der Waals surface area contributed by atoms with Gasteiger partial charge in [0.1, 0.15) is 6.04 Å². The van der Waals surface area contributed by atoms with E-state index in [9.17, 15) is 9.59 Å². The SMILES string of the molecule is NC(=O)CC[C@@H]1NC(=S)N(c2ccc(Br)cc2)C1=O. The van der Waals surface area contributed by atoms with Crippen LogP contribution in [0.5, 0.6) is 0 Å². The molecule has 2 amide bonds. The number of thiocarbonyl (C=S) groups is 1. The highest BCUT2D eigenvalue weighted by atomic mass is 79.9. The van der Waals surface area contributed by atoms with Crippen molar-refractivity contribution in [1.82, 2.24) is 5.32 Å². The van der Waals surface area contributed by atoms with Gasteiger partial charge in [-0.1, -0.05) is 15.9 Å². The normalized spacial score (nSPS) is 18.6. The number of hydrogen-bond donors (Lipinski definition) is 2. The largest absolute Gasteiger partial charge is 0.370 e. The summed E-state index contributed by atoms with van der Waals surface area (Å²) in [5.74, 6) is -0.587. The number of hydrogen-bond acceptors (Lipinski definition) is 3. The molecule has 1 heterocycles. The second kappa shape index (κ2) is 5.66. The third kappa shape index (κ3) is 3.10. The Bertz CT molecular complexity index is 532. The van der Waals surface area contributed by atoms with Crippen molar-refractivity contribution in [1.29, 1.82) is 0 Å². The molecule has 0 aliphatic carbocycles. The lowest BCUT2D eigenvalue weighted by molar-refractivity contribution is -0.119. The zero-order chi connectivity index (χ0) is 14.0. The summed E-state index contributed by atoms with van der Waals surface area (Å²) in [5.41, 5.74) is 5.78. The van der Waals surface area contributed by atoms with Crippen molar-refractivity contribution in [3.8, 4) is 0 Å². The average molecular weight is 342 g/mol. The third-order valence-corrected chi connectivity index (χ3v) is 3.61. The number of rotatable bonds is 4. The Labute approximate surface area is 124 Å². The molecule has 0 bridgehead atoms. The van der Waals surface area contributed by atoms with Crippen LogP contribution >= 0.6 is 28.1 Å². The minimum absolute atomic E-state index is 0.153. The van der Waals surface area contributed by atoms with Gasteiger partial charge >= 0.3 is 0 Å². The number of amides is 2. The summed E-state index contributed by atoms with van der Waals surface area (Å²) in [5, 5.41) is 3.26. The van der Waals surface area contributed by atoms with Gasteiger partial charge in [-0.2, -0.15) is 0 Å². The second-order valence-corrected chi connectivity index (χ2v) is 5.46. The minimum atomic E-state index is -0.483. The summed E-state index contributed by atoms with van der Waals surface area (Å²) in [6.45, 7) is 0. The Kier molecular flexibility index (Phi) is 4.16. The highest BCUT2D eigenvalue weighted by molar-refractivity contribution is 9.10. The van der Waals surface area contributed by atoms with Crippen molar-refractivity contribution in [3.63, 3.8) is 0 Å². The van der Waals surface area contributed by atoms with Crippen LogP contribution in [-0.4, -0.2) is 23.0 Å². The summed E-state index contributed by atoms with van der Waals surface area (Å²) in [4.78, 5) is 24.4. The fourth-order valence-corrected chi connectivity index (χ4v) is 2.45. The molecular formula is C12H12BrN3O2S. The molecule has 0 spiro atoms. The zero-order valence-electron chi connectivity index (χ0n) is 9.93. The predicted molar refractivity (Wildman–Crippen MR) is 79.6 cm³/mol. The van der Waals surface area contributed by atoms with Crippen LogP contribution in [-0.2, 0) is 9.59 Å². The minimum Gasteiger partial charge on any atom is -0.370 e. The first-order valence-electron chi connectivity index (χ1n) is 5.67. The zero-order valence-corrected chi connectivity index (χ0v) is 12.3. The molecule has 1 saturated heterocycles. The maximum atomic E-state index is 12.2. The van der Waals surface area contributed by atoms with Crippen molar-refractivity contribution < 1.29 is 9.59 Å². The van der Waals surface area contributed by atoms with E-state index in [1.807, 2.05) is 12.1 Å². The van der Waals surface area contributed by atoms with E-state index in [1.54, 1.807) is 12.1 Å². The molecule has 0 radical (unpaired) electrons. The smallest absolute Gasteiger partial charge is 0.255 e. The molecule has 5 nitrogen and oxygen atoms in total. The fraction of sp³-hybridized carbons (Fsp3) is 0.250. The molecule has 0 unspecified atom stereocenters. The van der Waals surface area contributed by atoms with Crippen LogP contribution in [0.2, 0.25) is 0 Å². The number of nitrogens with zero attached hydrogens (tertiary/aromatic N) is 1. The number of halogens is 1. The summed E-state index contributed by atoms with van der Waals surface area (Å²) < 4.78 is 0.923. The van der Waals surface area contributed by atoms with E-state index in [1.165, 1.54) is 4.90 Å². The van der Waals surface area contributed by atoms with Crippen molar-refractivity contribution in [2.75, 3.05) is 4.90 Å². The summed E-state index contributed by atoms with van der Waals surface area (Å²) in [7, 11) is 0. The van der Waals surface area contributed by atoms with Crippen LogP contribution in [0, 0.1) is 0 Å². The first-order valence-corrected chi connectivity index (χ1v) is 6.87. The standard InChI is InChI=1S/C12H12BrN3O2S/c13-7-1-3-8(4-2-7)16-11(18)9(15-12(16)19)5-6-10(14)17/h1-4,9H,5-6H2,(H2,14,17)(H,15,19)/t9-/m0/s1. The first kappa shape index (κ1) is 14.0. The van der Waals surface area contributed by atoms with Gasteiger partial charge < -0.3 is 11.1 Å². The van der Waals surface area contributed by atoms with Gasteiger partial charge in [-0.25, -0.2) is 0 Å². The van der Waals surface area contributed by atoms with Crippen molar-refractivity contribution >= 4 is 50.8 Å². The average Bonchev–Trinajstić information content (AvgIpc) is 2.63. The predicted octanol–water partition coefficient (Wildman–Crippen LogP) is 1.30. The molecule has 7 heteroatoms. The Balaban J connectivity index is 2.14. The topological polar surface area (TPSA) is 75.4 Å². The molecule has 2 rings (SSSR count). The van der Waals surface area contributed by atoms with Gasteiger partial charge in [0.25, 0.3) is 5.91 Å². The van der Waals surface area contributed by atoms with E-state index in [2.05, 4.69) is 21.2 Å². The van der Waals surface area contributed by atoms with Gasteiger partial charge in [0.15, 0.2) is 5.11 Å². The second-order valence-electron chi connectivity index (χ2n) is 4.16. The van der Waals surface area contributed by atoms with Crippen molar-refractivity contribution in [3.05, 3.63) is 28.7 Å². The highest BCUT2D eigenvalue weighted by Crippen LogP contribution is 2.23. The lowest BCUT2D eigenvalue weighted by Crippen LogP contribution is -2.31. The Morgan fingerprint density at radius 1 is 1.42 bits per heavy atom. The monoisotopic (exact) mass is 341 g/mol. The molecule has 1 aliphatic rings. The Hall–Kier alpha value is -1.47. The van der Waals surface area contributed by atoms with Crippen LogP contribution in [0.4, 0.5) is 5.69 Å². The molecule has 1 atom stereocenters. The van der Waals surface area contributed by atoms with E-state index >= 15 is 0 Å². The van der Waals surface area contributed by atoms with E-state index in [0.717, 1.165) is 4.47 Å². The molecule has 100 valence electrons. The lowest BCUT2D eigenvalue weighted by atomic mass is 10.1. The van der Waals surface area contributed by atoms with Crippen LogP contribution in [0.1, 0.15) is 12.8 Å². The molecule has 1 aromatic carbocycles. The quantitative estimate of drug-likeness (QED) is 0.809. The molecule has 1 aromatic rings. The van der Waals surface area contributed by atoms with Crippen LogP contribution in [0.15, 0.2) is 28.7 Å². The fourth-order valence-electron chi connectivity index (χ4n) is 1.85.